The lowest BCUT2D eigenvalue weighted by Gasteiger charge is -2.33. The third-order valence-electron chi connectivity index (χ3n) is 6.30. The predicted molar refractivity (Wildman–Crippen MR) is 153 cm³/mol. The van der Waals surface area contributed by atoms with Gasteiger partial charge in [-0.05, 0) is 12.8 Å². The number of aliphatic hydroxyl groups excluding tert-OH is 1. The standard InChI is InChI=1S/C27H51N5O9/c1-3-14-39-16-18-41-19-17-40-15-4-5-28-25(34)21-30-8-12-31(22-26(35)36)10-6-29(20-24(2)33)7-11-32(13-9-30)23-27(37)38/h33H,2-23H2,1H3,(H,28,34)(H,35,36)(H,37,38). The zero-order valence-corrected chi connectivity index (χ0v) is 24.6. The van der Waals surface area contributed by atoms with E-state index in [-0.39, 0.29) is 37.8 Å². The van der Waals surface area contributed by atoms with Crippen molar-refractivity contribution in [3.05, 3.63) is 12.3 Å². The van der Waals surface area contributed by atoms with Crippen LogP contribution in [0.4, 0.5) is 0 Å². The van der Waals surface area contributed by atoms with Crippen LogP contribution in [0.2, 0.25) is 0 Å². The van der Waals surface area contributed by atoms with E-state index in [1.54, 1.807) is 9.80 Å². The maximum Gasteiger partial charge on any atom is 0.317 e. The van der Waals surface area contributed by atoms with Crippen molar-refractivity contribution in [3.63, 3.8) is 0 Å². The van der Waals surface area contributed by atoms with Gasteiger partial charge in [0, 0.05) is 72.1 Å². The molecule has 0 unspecified atom stereocenters. The highest BCUT2D eigenvalue weighted by Crippen LogP contribution is 2.03. The van der Waals surface area contributed by atoms with E-state index in [0.717, 1.165) is 13.0 Å². The first-order valence-electron chi connectivity index (χ1n) is 14.4. The molecule has 0 aromatic rings. The van der Waals surface area contributed by atoms with E-state index in [9.17, 15) is 29.7 Å². The topological polar surface area (TPSA) is 165 Å². The smallest absolute Gasteiger partial charge is 0.317 e. The van der Waals surface area contributed by atoms with Crippen LogP contribution >= 0.6 is 0 Å². The van der Waals surface area contributed by atoms with E-state index in [4.69, 9.17) is 14.2 Å². The quantitative estimate of drug-likeness (QED) is 0.105. The molecule has 0 bridgehead atoms. The maximum atomic E-state index is 12.7. The van der Waals surface area contributed by atoms with E-state index in [1.807, 2.05) is 9.80 Å². The fourth-order valence-corrected chi connectivity index (χ4v) is 4.20. The zero-order valence-electron chi connectivity index (χ0n) is 24.6. The van der Waals surface area contributed by atoms with Gasteiger partial charge >= 0.3 is 11.9 Å². The molecular weight excluding hydrogens is 538 g/mol. The van der Waals surface area contributed by atoms with Crippen LogP contribution in [0.5, 0.6) is 0 Å². The number of aliphatic carboxylic acids is 2. The molecule has 0 aromatic carbocycles. The average molecular weight is 590 g/mol. The van der Waals surface area contributed by atoms with Gasteiger partial charge in [-0.3, -0.25) is 34.0 Å². The largest absolute Gasteiger partial charge is 0.512 e. The molecule has 0 saturated carbocycles. The highest BCUT2D eigenvalue weighted by Gasteiger charge is 2.20. The number of nitrogens with zero attached hydrogens (tertiary/aromatic N) is 4. The zero-order chi connectivity index (χ0) is 30.3. The highest BCUT2D eigenvalue weighted by atomic mass is 16.5. The SMILES string of the molecule is C=C(O)CN1CCN(CC(=O)O)CCN(CC(=O)NCCCOCCOCCOCCC)CCN(CC(=O)O)CC1. The molecule has 1 aliphatic heterocycles. The molecule has 0 radical (unpaired) electrons. The summed E-state index contributed by atoms with van der Waals surface area (Å²) in [6.07, 6.45) is 1.64. The predicted octanol–water partition coefficient (Wildman–Crippen LogP) is -0.585. The summed E-state index contributed by atoms with van der Waals surface area (Å²) in [7, 11) is 0. The van der Waals surface area contributed by atoms with Gasteiger partial charge in [-0.25, -0.2) is 0 Å². The van der Waals surface area contributed by atoms with E-state index in [0.29, 0.717) is 98.4 Å². The number of hydrogen-bond donors (Lipinski definition) is 4. The van der Waals surface area contributed by atoms with Crippen LogP contribution in [-0.4, -0.2) is 177 Å². The monoisotopic (exact) mass is 589 g/mol. The summed E-state index contributed by atoms with van der Waals surface area (Å²) < 4.78 is 16.3. The van der Waals surface area contributed by atoms with Crippen molar-refractivity contribution in [2.24, 2.45) is 0 Å². The lowest BCUT2D eigenvalue weighted by Crippen LogP contribution is -2.49. The van der Waals surface area contributed by atoms with E-state index >= 15 is 0 Å². The fourth-order valence-electron chi connectivity index (χ4n) is 4.20. The highest BCUT2D eigenvalue weighted by molar-refractivity contribution is 5.78. The van der Waals surface area contributed by atoms with Crippen LogP contribution < -0.4 is 5.32 Å². The fraction of sp³-hybridized carbons (Fsp3) is 0.815. The molecule has 41 heavy (non-hydrogen) atoms. The Morgan fingerprint density at radius 1 is 0.634 bits per heavy atom. The summed E-state index contributed by atoms with van der Waals surface area (Å²) in [5.74, 6) is -2.05. The third-order valence-corrected chi connectivity index (χ3v) is 6.30. The Morgan fingerprint density at radius 2 is 1.02 bits per heavy atom. The molecule has 1 saturated heterocycles. The minimum atomic E-state index is -0.943. The number of hydrogen-bond acceptors (Lipinski definition) is 11. The molecule has 0 aliphatic carbocycles. The second-order valence-corrected chi connectivity index (χ2v) is 10.00. The summed E-state index contributed by atoms with van der Waals surface area (Å²) in [6.45, 7) is 13.0. The Bertz CT molecular complexity index is 727. The van der Waals surface area contributed by atoms with Gasteiger partial charge in [0.15, 0.2) is 0 Å². The Morgan fingerprint density at radius 3 is 1.44 bits per heavy atom. The summed E-state index contributed by atoms with van der Waals surface area (Å²) in [4.78, 5) is 43.0. The Labute approximate surface area is 243 Å². The molecule has 0 spiro atoms. The van der Waals surface area contributed by atoms with Gasteiger partial charge in [0.25, 0.3) is 0 Å². The van der Waals surface area contributed by atoms with Gasteiger partial charge < -0.3 is 34.8 Å². The van der Waals surface area contributed by atoms with E-state index < -0.39 is 11.9 Å². The number of rotatable bonds is 20. The molecule has 1 amide bonds. The minimum Gasteiger partial charge on any atom is -0.512 e. The molecule has 1 heterocycles. The van der Waals surface area contributed by atoms with Crippen molar-refractivity contribution in [3.8, 4) is 0 Å². The molecule has 14 nitrogen and oxygen atoms in total. The van der Waals surface area contributed by atoms with E-state index in [1.165, 1.54) is 0 Å². The third kappa shape index (κ3) is 21.1. The van der Waals surface area contributed by atoms with Crippen molar-refractivity contribution in [2.75, 3.05) is 125 Å². The van der Waals surface area contributed by atoms with E-state index in [2.05, 4.69) is 18.8 Å². The van der Waals surface area contributed by atoms with Crippen molar-refractivity contribution in [1.82, 2.24) is 24.9 Å². The molecule has 1 aliphatic rings. The van der Waals surface area contributed by atoms with Gasteiger partial charge in [0.05, 0.1) is 58.4 Å². The minimum absolute atomic E-state index is 0.00636. The first kappa shape index (κ1) is 36.7. The van der Waals surface area contributed by atoms with Gasteiger partial charge in [0.1, 0.15) is 0 Å². The van der Waals surface area contributed by atoms with Crippen LogP contribution in [0.3, 0.4) is 0 Å². The number of carbonyl (C=O) groups excluding carboxylic acids is 1. The molecule has 0 aromatic heterocycles. The van der Waals surface area contributed by atoms with Gasteiger partial charge in [0.2, 0.25) is 5.91 Å². The second kappa shape index (κ2) is 23.3. The van der Waals surface area contributed by atoms with Crippen LogP contribution in [0, 0.1) is 0 Å². The normalized spacial score (nSPS) is 17.0. The first-order valence-corrected chi connectivity index (χ1v) is 14.4. The Kier molecular flexibility index (Phi) is 20.8. The van der Waals surface area contributed by atoms with Gasteiger partial charge in [-0.1, -0.05) is 13.5 Å². The Balaban J connectivity index is 2.53. The summed E-state index contributed by atoms with van der Waals surface area (Å²) in [6, 6.07) is 0. The van der Waals surface area contributed by atoms with Crippen molar-refractivity contribution < 1.29 is 43.9 Å². The van der Waals surface area contributed by atoms with Crippen LogP contribution in [0.25, 0.3) is 0 Å². The number of carboxylic acids is 2. The number of aliphatic hydroxyl groups is 1. The van der Waals surface area contributed by atoms with Crippen LogP contribution in [0.15, 0.2) is 12.3 Å². The van der Waals surface area contributed by atoms with Crippen LogP contribution in [-0.2, 0) is 28.6 Å². The summed E-state index contributed by atoms with van der Waals surface area (Å²) in [5, 5.41) is 31.3. The van der Waals surface area contributed by atoms with Gasteiger partial charge in [-0.2, -0.15) is 0 Å². The number of carbonyl (C=O) groups is 3. The number of ether oxygens (including phenoxy) is 3. The Hall–Kier alpha value is -2.33. The molecular formula is C27H51N5O9. The first-order chi connectivity index (χ1) is 19.7. The van der Waals surface area contributed by atoms with Crippen molar-refractivity contribution in [2.45, 2.75) is 19.8 Å². The summed E-state index contributed by atoms with van der Waals surface area (Å²) in [5.41, 5.74) is 0. The molecule has 1 rings (SSSR count). The van der Waals surface area contributed by atoms with Crippen molar-refractivity contribution in [1.29, 1.82) is 0 Å². The molecule has 1 fully saturated rings. The number of amides is 1. The second-order valence-electron chi connectivity index (χ2n) is 10.00. The van der Waals surface area contributed by atoms with Crippen LogP contribution in [0.1, 0.15) is 19.8 Å². The maximum absolute atomic E-state index is 12.7. The average Bonchev–Trinajstić information content (AvgIpc) is 2.90. The molecule has 4 N–H and O–H groups in total. The summed E-state index contributed by atoms with van der Waals surface area (Å²) >= 11 is 0. The lowest BCUT2D eigenvalue weighted by atomic mass is 10.3. The van der Waals surface area contributed by atoms with Gasteiger partial charge in [-0.15, -0.1) is 0 Å². The molecule has 238 valence electrons. The number of nitrogens with one attached hydrogen (secondary N) is 1. The number of carboxylic acid groups (broad SMARTS) is 2. The molecule has 0 atom stereocenters. The lowest BCUT2D eigenvalue weighted by molar-refractivity contribution is -0.139. The molecule has 14 heteroatoms. The van der Waals surface area contributed by atoms with Crippen molar-refractivity contribution >= 4 is 17.8 Å².